The van der Waals surface area contributed by atoms with Crippen LogP contribution in [0.4, 0.5) is 5.82 Å². The molecule has 0 unspecified atom stereocenters. The van der Waals surface area contributed by atoms with Gasteiger partial charge in [0.15, 0.2) is 10.2 Å². The van der Waals surface area contributed by atoms with Gasteiger partial charge in [-0.05, 0) is 36.8 Å². The largest absolute Gasteiger partial charge is 0.352 e. The first kappa shape index (κ1) is 20.9. The van der Waals surface area contributed by atoms with Crippen LogP contribution in [0.1, 0.15) is 5.56 Å². The van der Waals surface area contributed by atoms with E-state index in [9.17, 15) is 4.79 Å². The number of thiazole rings is 1. The molecule has 1 aliphatic rings. The second-order valence-electron chi connectivity index (χ2n) is 7.70. The topological polar surface area (TPSA) is 62.2 Å². The minimum atomic E-state index is 0.162. The molecule has 2 aromatic heterocycles. The van der Waals surface area contributed by atoms with E-state index in [0.717, 1.165) is 44.7 Å². The number of piperazine rings is 1. The van der Waals surface area contributed by atoms with Crippen molar-refractivity contribution in [3.05, 3.63) is 66.2 Å². The van der Waals surface area contributed by atoms with E-state index < -0.39 is 0 Å². The maximum absolute atomic E-state index is 12.7. The number of hydrogen-bond acceptors (Lipinski definition) is 7. The molecule has 1 aliphatic heterocycles. The lowest BCUT2D eigenvalue weighted by Gasteiger charge is -2.35. The fraction of sp³-hybridized carbons (Fsp3) is 0.250. The van der Waals surface area contributed by atoms with Crippen LogP contribution < -0.4 is 4.90 Å². The Morgan fingerprint density at radius 2 is 1.75 bits per heavy atom. The van der Waals surface area contributed by atoms with Crippen LogP contribution in [0.25, 0.3) is 21.5 Å². The number of hydrogen-bond donors (Lipinski definition) is 0. The number of anilines is 1. The maximum Gasteiger partial charge on any atom is 0.233 e. The van der Waals surface area contributed by atoms with E-state index in [4.69, 9.17) is 0 Å². The van der Waals surface area contributed by atoms with Gasteiger partial charge in [-0.2, -0.15) is 0 Å². The number of benzene rings is 2. The van der Waals surface area contributed by atoms with Gasteiger partial charge >= 0.3 is 0 Å². The summed E-state index contributed by atoms with van der Waals surface area (Å²) >= 11 is 3.17. The van der Waals surface area contributed by atoms with Crippen molar-refractivity contribution in [1.82, 2.24) is 20.1 Å². The van der Waals surface area contributed by atoms with Crippen LogP contribution in [-0.4, -0.2) is 57.9 Å². The van der Waals surface area contributed by atoms with Gasteiger partial charge in [0.1, 0.15) is 0 Å². The molecule has 1 fully saturated rings. The predicted octanol–water partition coefficient (Wildman–Crippen LogP) is 4.50. The third kappa shape index (κ3) is 4.47. The summed E-state index contributed by atoms with van der Waals surface area (Å²) in [6.45, 7) is 4.99. The SMILES string of the molecule is Cc1ccccc1-c1ccc(N2CCN(C(=O)CSc3nc4ccccc4s3)CC2)nn1. The van der Waals surface area contributed by atoms with E-state index >= 15 is 0 Å². The molecule has 0 aliphatic carbocycles. The number of carbonyl (C=O) groups is 1. The number of aromatic nitrogens is 3. The average molecular weight is 462 g/mol. The van der Waals surface area contributed by atoms with E-state index in [1.807, 2.05) is 47.4 Å². The van der Waals surface area contributed by atoms with Crippen molar-refractivity contribution in [2.45, 2.75) is 11.3 Å². The normalized spacial score (nSPS) is 14.2. The van der Waals surface area contributed by atoms with Gasteiger partial charge in [-0.3, -0.25) is 4.79 Å². The van der Waals surface area contributed by atoms with Gasteiger partial charge in [-0.15, -0.1) is 21.5 Å². The van der Waals surface area contributed by atoms with Crippen LogP contribution in [0, 0.1) is 6.92 Å². The van der Waals surface area contributed by atoms with Gasteiger partial charge in [0.25, 0.3) is 0 Å². The van der Waals surface area contributed by atoms with Gasteiger partial charge in [0, 0.05) is 31.7 Å². The van der Waals surface area contributed by atoms with Crippen molar-refractivity contribution in [3.8, 4) is 11.3 Å². The summed E-state index contributed by atoms with van der Waals surface area (Å²) in [5, 5.41) is 8.89. The van der Waals surface area contributed by atoms with E-state index in [1.54, 1.807) is 11.3 Å². The Morgan fingerprint density at radius 3 is 2.50 bits per heavy atom. The predicted molar refractivity (Wildman–Crippen MR) is 131 cm³/mol. The molecular formula is C24H23N5OS2. The number of thioether (sulfide) groups is 1. The van der Waals surface area contributed by atoms with Crippen molar-refractivity contribution < 1.29 is 4.79 Å². The third-order valence-electron chi connectivity index (χ3n) is 5.62. The highest BCUT2D eigenvalue weighted by Gasteiger charge is 2.22. The van der Waals surface area contributed by atoms with E-state index in [0.29, 0.717) is 18.8 Å². The van der Waals surface area contributed by atoms with Crippen LogP contribution in [0.5, 0.6) is 0 Å². The Hall–Kier alpha value is -2.97. The van der Waals surface area contributed by atoms with Crippen molar-refractivity contribution >= 4 is 45.0 Å². The molecule has 6 nitrogen and oxygen atoms in total. The highest BCUT2D eigenvalue weighted by molar-refractivity contribution is 8.01. The summed E-state index contributed by atoms with van der Waals surface area (Å²) < 4.78 is 2.10. The van der Waals surface area contributed by atoms with Crippen LogP contribution in [0.3, 0.4) is 0 Å². The summed E-state index contributed by atoms with van der Waals surface area (Å²) in [7, 11) is 0. The summed E-state index contributed by atoms with van der Waals surface area (Å²) in [4.78, 5) is 21.4. The number of rotatable bonds is 5. The zero-order valence-corrected chi connectivity index (χ0v) is 19.4. The fourth-order valence-corrected chi connectivity index (χ4v) is 5.78. The summed E-state index contributed by atoms with van der Waals surface area (Å²) in [5.41, 5.74) is 4.17. The first-order valence-electron chi connectivity index (χ1n) is 10.6. The molecule has 3 heterocycles. The van der Waals surface area contributed by atoms with Crippen molar-refractivity contribution in [1.29, 1.82) is 0 Å². The van der Waals surface area contributed by atoms with E-state index in [1.165, 1.54) is 17.3 Å². The zero-order valence-electron chi connectivity index (χ0n) is 17.8. The second-order valence-corrected chi connectivity index (χ2v) is 9.95. The molecule has 1 saturated heterocycles. The summed E-state index contributed by atoms with van der Waals surface area (Å²) in [5.74, 6) is 1.44. The molecule has 5 rings (SSSR count). The Kier molecular flexibility index (Phi) is 6.05. The molecule has 32 heavy (non-hydrogen) atoms. The third-order valence-corrected chi connectivity index (χ3v) is 7.79. The first-order chi connectivity index (χ1) is 15.7. The van der Waals surface area contributed by atoms with Crippen LogP contribution in [-0.2, 0) is 4.79 Å². The van der Waals surface area contributed by atoms with Gasteiger partial charge in [-0.1, -0.05) is 48.2 Å². The number of nitrogens with zero attached hydrogens (tertiary/aromatic N) is 5. The minimum absolute atomic E-state index is 0.162. The number of aryl methyl sites for hydroxylation is 1. The van der Waals surface area contributed by atoms with E-state index in [2.05, 4.69) is 45.2 Å². The Bertz CT molecular complexity index is 1200. The number of para-hydroxylation sites is 1. The van der Waals surface area contributed by atoms with Crippen molar-refractivity contribution in [2.24, 2.45) is 0 Å². The molecule has 1 amide bonds. The molecule has 0 N–H and O–H groups in total. The quantitative estimate of drug-likeness (QED) is 0.408. The molecule has 2 aromatic carbocycles. The highest BCUT2D eigenvalue weighted by atomic mass is 32.2. The molecule has 0 bridgehead atoms. The smallest absolute Gasteiger partial charge is 0.233 e. The molecule has 8 heteroatoms. The number of carbonyl (C=O) groups excluding carboxylic acids is 1. The standard InChI is InChI=1S/C24H23N5OS2/c1-17-6-2-3-7-18(17)19-10-11-22(27-26-19)28-12-14-29(15-13-28)23(30)16-31-24-25-20-8-4-5-9-21(20)32-24/h2-11H,12-16H2,1H3. The Balaban J connectivity index is 1.15. The van der Waals surface area contributed by atoms with Crippen LogP contribution >= 0.6 is 23.1 Å². The Labute approximate surface area is 195 Å². The zero-order chi connectivity index (χ0) is 21.9. The molecule has 0 spiro atoms. The lowest BCUT2D eigenvalue weighted by molar-refractivity contribution is -0.128. The average Bonchev–Trinajstić information content (AvgIpc) is 3.26. The lowest BCUT2D eigenvalue weighted by atomic mass is 10.1. The minimum Gasteiger partial charge on any atom is -0.352 e. The molecule has 0 saturated carbocycles. The van der Waals surface area contributed by atoms with Crippen molar-refractivity contribution in [2.75, 3.05) is 36.8 Å². The van der Waals surface area contributed by atoms with Gasteiger partial charge in [-0.25, -0.2) is 4.98 Å². The van der Waals surface area contributed by atoms with Gasteiger partial charge < -0.3 is 9.80 Å². The summed E-state index contributed by atoms with van der Waals surface area (Å²) in [6.07, 6.45) is 0. The van der Waals surface area contributed by atoms with Crippen LogP contribution in [0.2, 0.25) is 0 Å². The van der Waals surface area contributed by atoms with Crippen molar-refractivity contribution in [3.63, 3.8) is 0 Å². The summed E-state index contributed by atoms with van der Waals surface area (Å²) in [6, 6.07) is 20.3. The monoisotopic (exact) mass is 461 g/mol. The molecule has 0 radical (unpaired) electrons. The Morgan fingerprint density at radius 1 is 0.969 bits per heavy atom. The van der Waals surface area contributed by atoms with E-state index in [-0.39, 0.29) is 5.91 Å². The molecule has 4 aromatic rings. The second kappa shape index (κ2) is 9.26. The first-order valence-corrected chi connectivity index (χ1v) is 12.4. The van der Waals surface area contributed by atoms with Gasteiger partial charge in [0.2, 0.25) is 5.91 Å². The number of fused-ring (bicyclic) bond motifs is 1. The van der Waals surface area contributed by atoms with Crippen LogP contribution in [0.15, 0.2) is 65.0 Å². The fourth-order valence-electron chi connectivity index (χ4n) is 3.81. The van der Waals surface area contributed by atoms with Gasteiger partial charge in [0.05, 0.1) is 21.7 Å². The molecule has 162 valence electrons. The highest BCUT2D eigenvalue weighted by Crippen LogP contribution is 2.29. The molecule has 0 atom stereocenters. The number of amides is 1. The maximum atomic E-state index is 12.7. The lowest BCUT2D eigenvalue weighted by Crippen LogP contribution is -2.49. The molecular weight excluding hydrogens is 438 g/mol.